The van der Waals surface area contributed by atoms with E-state index in [4.69, 9.17) is 5.73 Å². The largest absolute Gasteiger partial charge is 0.398 e. The Kier molecular flexibility index (Phi) is 5.23. The summed E-state index contributed by atoms with van der Waals surface area (Å²) in [6.45, 7) is 8.33. The number of hydrogen-bond acceptors (Lipinski definition) is 3. The van der Waals surface area contributed by atoms with E-state index in [1.807, 2.05) is 18.2 Å². The van der Waals surface area contributed by atoms with Gasteiger partial charge in [-0.2, -0.15) is 0 Å². The minimum atomic E-state index is -0.0559. The Labute approximate surface area is 127 Å². The average molecular weight is 289 g/mol. The van der Waals surface area contributed by atoms with E-state index in [1.54, 1.807) is 0 Å². The number of anilines is 2. The van der Waals surface area contributed by atoms with Crippen molar-refractivity contribution >= 4 is 17.3 Å². The van der Waals surface area contributed by atoms with Crippen LogP contribution >= 0.6 is 0 Å². The van der Waals surface area contributed by atoms with Gasteiger partial charge in [-0.25, -0.2) is 0 Å². The van der Waals surface area contributed by atoms with E-state index in [-0.39, 0.29) is 11.9 Å². The summed E-state index contributed by atoms with van der Waals surface area (Å²) in [6.07, 6.45) is 3.28. The number of nitrogens with one attached hydrogen (secondary N) is 1. The van der Waals surface area contributed by atoms with Crippen molar-refractivity contribution in [1.82, 2.24) is 4.90 Å². The van der Waals surface area contributed by atoms with E-state index in [2.05, 4.69) is 31.0 Å². The molecule has 1 saturated heterocycles. The van der Waals surface area contributed by atoms with Crippen LogP contribution in [0.3, 0.4) is 0 Å². The summed E-state index contributed by atoms with van der Waals surface area (Å²) in [5.74, 6) is 0.380. The Bertz CT molecular complexity index is 493. The van der Waals surface area contributed by atoms with E-state index in [1.165, 1.54) is 12.8 Å². The highest BCUT2D eigenvalue weighted by atomic mass is 16.2. The lowest BCUT2D eigenvalue weighted by molar-refractivity contribution is -0.122. The van der Waals surface area contributed by atoms with Crippen LogP contribution in [0, 0.1) is 5.92 Å². The highest BCUT2D eigenvalue weighted by molar-refractivity contribution is 5.95. The average Bonchev–Trinajstić information content (AvgIpc) is 2.92. The van der Waals surface area contributed by atoms with Crippen LogP contribution in [-0.4, -0.2) is 29.9 Å². The standard InChI is InChI=1S/C17H27N3O/c1-4-13-7-8-14(11-15(13)18)19-17(21)16(12(2)3)20-9-5-6-10-20/h7-8,11-12,16H,4-6,9-10,18H2,1-3H3,(H,19,21). The fraction of sp³-hybridized carbons (Fsp3) is 0.588. The van der Waals surface area contributed by atoms with Gasteiger partial charge in [-0.15, -0.1) is 0 Å². The van der Waals surface area contributed by atoms with Gasteiger partial charge in [0.05, 0.1) is 6.04 Å². The third-order valence-corrected chi connectivity index (χ3v) is 4.23. The van der Waals surface area contributed by atoms with Crippen molar-refractivity contribution in [2.75, 3.05) is 24.1 Å². The van der Waals surface area contributed by atoms with E-state index in [9.17, 15) is 4.79 Å². The summed E-state index contributed by atoms with van der Waals surface area (Å²) in [5.41, 5.74) is 8.66. The van der Waals surface area contributed by atoms with Gasteiger partial charge in [0.25, 0.3) is 0 Å². The van der Waals surface area contributed by atoms with Crippen LogP contribution in [0.25, 0.3) is 0 Å². The number of nitrogens with two attached hydrogens (primary N) is 1. The zero-order valence-corrected chi connectivity index (χ0v) is 13.4. The van der Waals surface area contributed by atoms with E-state index >= 15 is 0 Å². The number of likely N-dealkylation sites (tertiary alicyclic amines) is 1. The van der Waals surface area contributed by atoms with Gasteiger partial charge < -0.3 is 11.1 Å². The third kappa shape index (κ3) is 3.76. The van der Waals surface area contributed by atoms with Gasteiger partial charge in [0.1, 0.15) is 0 Å². The molecule has 1 aliphatic rings. The Morgan fingerprint density at radius 3 is 2.52 bits per heavy atom. The molecule has 4 nitrogen and oxygen atoms in total. The van der Waals surface area contributed by atoms with E-state index in [0.717, 1.165) is 36.4 Å². The zero-order valence-electron chi connectivity index (χ0n) is 13.4. The van der Waals surface area contributed by atoms with Gasteiger partial charge in [0.15, 0.2) is 0 Å². The smallest absolute Gasteiger partial charge is 0.241 e. The second kappa shape index (κ2) is 6.94. The normalized spacial score (nSPS) is 17.1. The van der Waals surface area contributed by atoms with Gasteiger partial charge in [-0.05, 0) is 56.0 Å². The molecule has 116 valence electrons. The fourth-order valence-electron chi connectivity index (χ4n) is 3.12. The van der Waals surface area contributed by atoms with Gasteiger partial charge in [0, 0.05) is 11.4 Å². The Morgan fingerprint density at radius 1 is 1.33 bits per heavy atom. The summed E-state index contributed by atoms with van der Waals surface area (Å²) in [5, 5.41) is 3.03. The van der Waals surface area contributed by atoms with Crippen LogP contribution in [0.4, 0.5) is 11.4 Å². The van der Waals surface area contributed by atoms with Crippen LogP contribution in [0.5, 0.6) is 0 Å². The first-order valence-electron chi connectivity index (χ1n) is 7.96. The summed E-state index contributed by atoms with van der Waals surface area (Å²) in [7, 11) is 0. The maximum absolute atomic E-state index is 12.6. The molecule has 0 bridgehead atoms. The quantitative estimate of drug-likeness (QED) is 0.819. The minimum absolute atomic E-state index is 0.0559. The number of aryl methyl sites for hydroxylation is 1. The molecule has 0 spiro atoms. The Morgan fingerprint density at radius 2 is 2.00 bits per heavy atom. The maximum Gasteiger partial charge on any atom is 0.241 e. The Balaban J connectivity index is 2.09. The molecule has 21 heavy (non-hydrogen) atoms. The monoisotopic (exact) mass is 289 g/mol. The molecule has 0 aliphatic carbocycles. The summed E-state index contributed by atoms with van der Waals surface area (Å²) in [6, 6.07) is 5.73. The number of nitrogens with zero attached hydrogens (tertiary/aromatic N) is 1. The number of benzene rings is 1. The number of amides is 1. The highest BCUT2D eigenvalue weighted by Gasteiger charge is 2.30. The molecule has 1 fully saturated rings. The molecule has 1 heterocycles. The molecular weight excluding hydrogens is 262 g/mol. The van der Waals surface area contributed by atoms with Crippen LogP contribution in [0.2, 0.25) is 0 Å². The first-order chi connectivity index (χ1) is 10.0. The molecule has 0 saturated carbocycles. The number of carbonyl (C=O) groups excluding carboxylic acids is 1. The molecule has 1 unspecified atom stereocenters. The van der Waals surface area contributed by atoms with Gasteiger partial charge in [-0.3, -0.25) is 9.69 Å². The molecule has 0 radical (unpaired) electrons. The minimum Gasteiger partial charge on any atom is -0.398 e. The van der Waals surface area contributed by atoms with Crippen molar-refractivity contribution in [3.05, 3.63) is 23.8 Å². The Hall–Kier alpha value is -1.55. The lowest BCUT2D eigenvalue weighted by atomic mass is 10.0. The van der Waals surface area contributed by atoms with Crippen molar-refractivity contribution in [2.45, 2.75) is 46.1 Å². The second-order valence-corrected chi connectivity index (χ2v) is 6.19. The van der Waals surface area contributed by atoms with Gasteiger partial charge in [0.2, 0.25) is 5.91 Å². The van der Waals surface area contributed by atoms with Crippen molar-refractivity contribution in [3.8, 4) is 0 Å². The number of nitrogen functional groups attached to an aromatic ring is 1. The highest BCUT2D eigenvalue weighted by Crippen LogP contribution is 2.22. The number of hydrogen-bond donors (Lipinski definition) is 2. The first-order valence-corrected chi connectivity index (χ1v) is 7.96. The van der Waals surface area contributed by atoms with Gasteiger partial charge in [-0.1, -0.05) is 26.8 Å². The molecule has 2 rings (SSSR count). The molecular formula is C17H27N3O. The molecule has 4 heteroatoms. The third-order valence-electron chi connectivity index (χ3n) is 4.23. The van der Waals surface area contributed by atoms with Crippen molar-refractivity contribution in [3.63, 3.8) is 0 Å². The van der Waals surface area contributed by atoms with E-state index < -0.39 is 0 Å². The predicted octanol–water partition coefficient (Wildman–Crippen LogP) is 2.89. The van der Waals surface area contributed by atoms with Gasteiger partial charge >= 0.3 is 0 Å². The molecule has 1 aliphatic heterocycles. The predicted molar refractivity (Wildman–Crippen MR) is 88.3 cm³/mol. The first kappa shape index (κ1) is 15.8. The number of rotatable bonds is 5. The molecule has 1 aromatic carbocycles. The second-order valence-electron chi connectivity index (χ2n) is 6.19. The molecule has 1 atom stereocenters. The lowest BCUT2D eigenvalue weighted by Gasteiger charge is -2.29. The summed E-state index contributed by atoms with van der Waals surface area (Å²) in [4.78, 5) is 14.9. The molecule has 1 amide bonds. The van der Waals surface area contributed by atoms with Crippen LogP contribution < -0.4 is 11.1 Å². The SMILES string of the molecule is CCc1ccc(NC(=O)C(C(C)C)N2CCCC2)cc1N. The zero-order chi connectivity index (χ0) is 15.4. The van der Waals surface area contributed by atoms with Crippen LogP contribution in [-0.2, 0) is 11.2 Å². The fourth-order valence-corrected chi connectivity index (χ4v) is 3.12. The summed E-state index contributed by atoms with van der Waals surface area (Å²) < 4.78 is 0. The lowest BCUT2D eigenvalue weighted by Crippen LogP contribution is -2.46. The van der Waals surface area contributed by atoms with E-state index in [0.29, 0.717) is 5.92 Å². The van der Waals surface area contributed by atoms with Crippen molar-refractivity contribution in [2.24, 2.45) is 5.92 Å². The number of carbonyl (C=O) groups is 1. The maximum atomic E-state index is 12.6. The molecule has 0 aromatic heterocycles. The van der Waals surface area contributed by atoms with Crippen LogP contribution in [0.1, 0.15) is 39.2 Å². The summed E-state index contributed by atoms with van der Waals surface area (Å²) >= 11 is 0. The topological polar surface area (TPSA) is 58.4 Å². The van der Waals surface area contributed by atoms with Crippen LogP contribution in [0.15, 0.2) is 18.2 Å². The van der Waals surface area contributed by atoms with Crippen molar-refractivity contribution < 1.29 is 4.79 Å². The molecule has 1 aromatic rings. The van der Waals surface area contributed by atoms with Crippen molar-refractivity contribution in [1.29, 1.82) is 0 Å². The molecule has 3 N–H and O–H groups in total.